The van der Waals surface area contributed by atoms with Gasteiger partial charge in [0, 0.05) is 6.92 Å². The molecule has 17 heavy (non-hydrogen) atoms. The maximum atomic E-state index is 11.4. The van der Waals surface area contributed by atoms with E-state index in [1.165, 1.54) is 12.1 Å². The second-order valence-corrected chi connectivity index (χ2v) is 3.32. The van der Waals surface area contributed by atoms with Crippen LogP contribution in [0, 0.1) is 0 Å². The highest BCUT2D eigenvalue weighted by molar-refractivity contribution is 6.15. The van der Waals surface area contributed by atoms with Crippen molar-refractivity contribution in [3.63, 3.8) is 0 Å². The van der Waals surface area contributed by atoms with E-state index in [1.807, 2.05) is 0 Å². The van der Waals surface area contributed by atoms with Crippen LogP contribution in [0.25, 0.3) is 0 Å². The molecule has 86 valence electrons. The van der Waals surface area contributed by atoms with Crippen molar-refractivity contribution in [2.24, 2.45) is 0 Å². The fraction of sp³-hybridized carbons (Fsp3) is 0.0909. The average molecular weight is 234 g/mol. The summed E-state index contributed by atoms with van der Waals surface area (Å²) in [5.41, 5.74) is 0.0907. The number of cyclic esters (lactones) is 2. The highest BCUT2D eigenvalue weighted by atomic mass is 16.6. The number of fused-ring (bicyclic) bond motifs is 1. The summed E-state index contributed by atoms with van der Waals surface area (Å²) >= 11 is 0. The minimum atomic E-state index is -0.882. The van der Waals surface area contributed by atoms with Crippen LogP contribution in [0.5, 0.6) is 0 Å². The molecule has 6 nitrogen and oxygen atoms in total. The Morgan fingerprint density at radius 1 is 1.12 bits per heavy atom. The van der Waals surface area contributed by atoms with E-state index < -0.39 is 23.9 Å². The Labute approximate surface area is 95.1 Å². The van der Waals surface area contributed by atoms with Crippen LogP contribution in [-0.4, -0.2) is 23.9 Å². The van der Waals surface area contributed by atoms with Gasteiger partial charge in [-0.2, -0.15) is 0 Å². The number of hydrogen-bond donors (Lipinski definition) is 0. The molecule has 1 aliphatic rings. The van der Waals surface area contributed by atoms with Crippen molar-refractivity contribution in [2.75, 3.05) is 0 Å². The molecule has 0 atom stereocenters. The molecular formula is C11H6O6. The number of carbonyl (C=O) groups is 4. The molecule has 0 aliphatic carbocycles. The Balaban J connectivity index is 2.38. The molecule has 0 amide bonds. The van der Waals surface area contributed by atoms with Crippen molar-refractivity contribution in [1.29, 1.82) is 0 Å². The fourth-order valence-corrected chi connectivity index (χ4v) is 1.40. The van der Waals surface area contributed by atoms with E-state index >= 15 is 0 Å². The maximum absolute atomic E-state index is 11.4. The smallest absolute Gasteiger partial charge is 0.346 e. The first kappa shape index (κ1) is 11.0. The topological polar surface area (TPSA) is 86.7 Å². The Hall–Kier alpha value is -2.50. The van der Waals surface area contributed by atoms with E-state index in [0.717, 1.165) is 13.0 Å². The molecule has 0 bridgehead atoms. The van der Waals surface area contributed by atoms with Gasteiger partial charge >= 0.3 is 23.9 Å². The molecular weight excluding hydrogens is 228 g/mol. The van der Waals surface area contributed by atoms with Gasteiger partial charge in [-0.25, -0.2) is 14.4 Å². The summed E-state index contributed by atoms with van der Waals surface area (Å²) in [4.78, 5) is 44.3. The molecule has 6 heteroatoms. The third kappa shape index (κ3) is 1.92. The highest BCUT2D eigenvalue weighted by Gasteiger charge is 2.30. The standard InChI is InChI=1S/C11H6O6/c1-5(12)16-9(13)6-2-3-7-8(4-6)11(15)17-10(7)14/h2-4H,1H3. The first-order chi connectivity index (χ1) is 7.99. The normalized spacial score (nSPS) is 13.0. The first-order valence-corrected chi connectivity index (χ1v) is 4.62. The van der Waals surface area contributed by atoms with Gasteiger partial charge in [-0.3, -0.25) is 4.79 Å². The van der Waals surface area contributed by atoms with Crippen LogP contribution < -0.4 is 0 Å². The molecule has 0 saturated carbocycles. The summed E-state index contributed by atoms with van der Waals surface area (Å²) in [7, 11) is 0. The van der Waals surface area contributed by atoms with Crippen LogP contribution in [0.1, 0.15) is 38.0 Å². The quantitative estimate of drug-likeness (QED) is 0.525. The van der Waals surface area contributed by atoms with E-state index in [4.69, 9.17) is 0 Å². The van der Waals surface area contributed by atoms with Crippen molar-refractivity contribution < 1.29 is 28.7 Å². The third-order valence-corrected chi connectivity index (χ3v) is 2.12. The molecule has 1 aromatic rings. The molecule has 0 N–H and O–H groups in total. The highest BCUT2D eigenvalue weighted by Crippen LogP contribution is 2.21. The summed E-state index contributed by atoms with van der Waals surface area (Å²) in [5, 5.41) is 0. The predicted octanol–water partition coefficient (Wildman–Crippen LogP) is 0.701. The number of carbonyl (C=O) groups excluding carboxylic acids is 4. The summed E-state index contributed by atoms with van der Waals surface area (Å²) in [5.74, 6) is -3.21. The van der Waals surface area contributed by atoms with Gasteiger partial charge in [0.15, 0.2) is 0 Å². The van der Waals surface area contributed by atoms with Crippen LogP contribution in [0.2, 0.25) is 0 Å². The van der Waals surface area contributed by atoms with E-state index in [2.05, 4.69) is 9.47 Å². The third-order valence-electron chi connectivity index (χ3n) is 2.12. The Bertz CT molecular complexity index is 557. The minimum absolute atomic E-state index is 0.00519. The van der Waals surface area contributed by atoms with Crippen LogP contribution in [0.4, 0.5) is 0 Å². The van der Waals surface area contributed by atoms with Crippen molar-refractivity contribution in [3.05, 3.63) is 34.9 Å². The Morgan fingerprint density at radius 3 is 2.41 bits per heavy atom. The van der Waals surface area contributed by atoms with Crippen LogP contribution in [0.3, 0.4) is 0 Å². The minimum Gasteiger partial charge on any atom is -0.390 e. The second-order valence-electron chi connectivity index (χ2n) is 3.32. The number of esters is 4. The van der Waals surface area contributed by atoms with E-state index in [-0.39, 0.29) is 16.7 Å². The molecule has 1 aromatic carbocycles. The van der Waals surface area contributed by atoms with Gasteiger partial charge in [0.05, 0.1) is 16.7 Å². The number of benzene rings is 1. The summed E-state index contributed by atoms with van der Waals surface area (Å²) in [6, 6.07) is 3.72. The van der Waals surface area contributed by atoms with Crippen molar-refractivity contribution >= 4 is 23.9 Å². The van der Waals surface area contributed by atoms with E-state index in [1.54, 1.807) is 0 Å². The lowest BCUT2D eigenvalue weighted by molar-refractivity contribution is -0.135. The van der Waals surface area contributed by atoms with Gasteiger partial charge in [-0.05, 0) is 18.2 Å². The lowest BCUT2D eigenvalue weighted by Gasteiger charge is -2.00. The molecule has 2 rings (SSSR count). The zero-order valence-electron chi connectivity index (χ0n) is 8.68. The van der Waals surface area contributed by atoms with Crippen molar-refractivity contribution in [3.8, 4) is 0 Å². The van der Waals surface area contributed by atoms with Gasteiger partial charge in [0.1, 0.15) is 0 Å². The monoisotopic (exact) mass is 234 g/mol. The predicted molar refractivity (Wildman–Crippen MR) is 52.3 cm³/mol. The summed E-state index contributed by atoms with van der Waals surface area (Å²) in [6.07, 6.45) is 0. The Morgan fingerprint density at radius 2 is 1.76 bits per heavy atom. The molecule has 1 aliphatic heterocycles. The van der Waals surface area contributed by atoms with Crippen LogP contribution in [0.15, 0.2) is 18.2 Å². The van der Waals surface area contributed by atoms with Gasteiger partial charge < -0.3 is 9.47 Å². The Kier molecular flexibility index (Phi) is 2.47. The molecule has 0 saturated heterocycles. The van der Waals surface area contributed by atoms with Crippen molar-refractivity contribution in [1.82, 2.24) is 0 Å². The van der Waals surface area contributed by atoms with E-state index in [0.29, 0.717) is 0 Å². The van der Waals surface area contributed by atoms with Crippen LogP contribution >= 0.6 is 0 Å². The zero-order valence-corrected chi connectivity index (χ0v) is 8.68. The summed E-state index contributed by atoms with van der Waals surface area (Å²) in [6.45, 7) is 1.09. The maximum Gasteiger partial charge on any atom is 0.346 e. The molecule has 0 aromatic heterocycles. The molecule has 0 unspecified atom stereocenters. The van der Waals surface area contributed by atoms with Gasteiger partial charge in [0.2, 0.25) is 0 Å². The lowest BCUT2D eigenvalue weighted by atomic mass is 10.1. The largest absolute Gasteiger partial charge is 0.390 e. The number of hydrogen-bond acceptors (Lipinski definition) is 6. The lowest BCUT2D eigenvalue weighted by Crippen LogP contribution is -2.10. The average Bonchev–Trinajstić information content (AvgIpc) is 2.53. The number of rotatable bonds is 1. The molecule has 1 heterocycles. The van der Waals surface area contributed by atoms with Gasteiger partial charge in [0.25, 0.3) is 0 Å². The van der Waals surface area contributed by atoms with Gasteiger partial charge in [-0.1, -0.05) is 0 Å². The van der Waals surface area contributed by atoms with Crippen molar-refractivity contribution in [2.45, 2.75) is 6.92 Å². The fourth-order valence-electron chi connectivity index (χ4n) is 1.40. The zero-order chi connectivity index (χ0) is 12.6. The summed E-state index contributed by atoms with van der Waals surface area (Å²) < 4.78 is 8.69. The molecule has 0 radical (unpaired) electrons. The SMILES string of the molecule is CC(=O)OC(=O)c1ccc2c(c1)C(=O)OC2=O. The molecule has 0 fully saturated rings. The number of ether oxygens (including phenoxy) is 2. The van der Waals surface area contributed by atoms with E-state index in [9.17, 15) is 19.2 Å². The second kappa shape index (κ2) is 3.82. The molecule has 0 spiro atoms. The van der Waals surface area contributed by atoms with Crippen LogP contribution in [-0.2, 0) is 14.3 Å². The van der Waals surface area contributed by atoms with Gasteiger partial charge in [-0.15, -0.1) is 0 Å². The first-order valence-electron chi connectivity index (χ1n) is 4.62.